The number of hydrogen-bond acceptors (Lipinski definition) is 2. The van der Waals surface area contributed by atoms with Gasteiger partial charge in [0, 0.05) is 19.1 Å². The van der Waals surface area contributed by atoms with Crippen molar-refractivity contribution in [3.8, 4) is 0 Å². The van der Waals surface area contributed by atoms with E-state index in [0.29, 0.717) is 19.0 Å². The maximum Gasteiger partial charge on any atom is 0.317 e. The van der Waals surface area contributed by atoms with E-state index in [1.807, 2.05) is 6.92 Å². The first kappa shape index (κ1) is 13.8. The number of likely N-dealkylation sites (tertiary alicyclic amines) is 1. The van der Waals surface area contributed by atoms with Crippen molar-refractivity contribution in [1.82, 2.24) is 10.2 Å². The predicted molar refractivity (Wildman–Crippen MR) is 64.8 cm³/mol. The summed E-state index contributed by atoms with van der Waals surface area (Å²) >= 11 is 0. The van der Waals surface area contributed by atoms with E-state index in [2.05, 4.69) is 19.2 Å². The minimum Gasteiger partial charge on any atom is -0.481 e. The standard InChI is InChI=1S/C12H22N2O3/c1-4-9(5-2)8(3)13-12(17)14-6-10(7-14)11(15)16/h8-10H,4-7H2,1-3H3,(H,13,17)(H,15,16). The van der Waals surface area contributed by atoms with E-state index in [0.717, 1.165) is 12.8 Å². The molecular weight excluding hydrogens is 220 g/mol. The first-order valence-corrected chi connectivity index (χ1v) is 6.27. The third kappa shape index (κ3) is 3.35. The Hall–Kier alpha value is -1.26. The van der Waals surface area contributed by atoms with Crippen LogP contribution in [0.15, 0.2) is 0 Å². The molecule has 98 valence electrons. The zero-order valence-electron chi connectivity index (χ0n) is 10.8. The molecule has 5 nitrogen and oxygen atoms in total. The average molecular weight is 242 g/mol. The second kappa shape index (κ2) is 5.89. The number of carbonyl (C=O) groups excluding carboxylic acids is 1. The highest BCUT2D eigenvalue weighted by Gasteiger charge is 2.36. The van der Waals surface area contributed by atoms with Crippen LogP contribution in [0.3, 0.4) is 0 Å². The zero-order chi connectivity index (χ0) is 13.0. The largest absolute Gasteiger partial charge is 0.481 e. The second-order valence-corrected chi connectivity index (χ2v) is 4.75. The average Bonchev–Trinajstić information content (AvgIpc) is 2.15. The van der Waals surface area contributed by atoms with Crippen LogP contribution in [0.4, 0.5) is 4.79 Å². The second-order valence-electron chi connectivity index (χ2n) is 4.75. The first-order chi connectivity index (χ1) is 7.99. The van der Waals surface area contributed by atoms with Gasteiger partial charge in [-0.2, -0.15) is 0 Å². The minimum atomic E-state index is -0.818. The molecule has 1 unspecified atom stereocenters. The summed E-state index contributed by atoms with van der Waals surface area (Å²) in [7, 11) is 0. The Labute approximate surface area is 102 Å². The van der Waals surface area contributed by atoms with Gasteiger partial charge in [-0.15, -0.1) is 0 Å². The van der Waals surface area contributed by atoms with Gasteiger partial charge in [-0.3, -0.25) is 4.79 Å². The molecular formula is C12H22N2O3. The molecule has 0 aliphatic carbocycles. The Morgan fingerprint density at radius 1 is 1.35 bits per heavy atom. The molecule has 0 aromatic heterocycles. The maximum absolute atomic E-state index is 11.8. The molecule has 2 N–H and O–H groups in total. The molecule has 17 heavy (non-hydrogen) atoms. The lowest BCUT2D eigenvalue weighted by Crippen LogP contribution is -2.57. The molecule has 0 bridgehead atoms. The molecule has 0 radical (unpaired) electrons. The van der Waals surface area contributed by atoms with Crippen molar-refractivity contribution < 1.29 is 14.7 Å². The Morgan fingerprint density at radius 3 is 2.29 bits per heavy atom. The van der Waals surface area contributed by atoms with Crippen molar-refractivity contribution in [1.29, 1.82) is 0 Å². The van der Waals surface area contributed by atoms with Gasteiger partial charge in [-0.05, 0) is 12.8 Å². The quantitative estimate of drug-likeness (QED) is 0.768. The monoisotopic (exact) mass is 242 g/mol. The number of urea groups is 1. The van der Waals surface area contributed by atoms with E-state index in [-0.39, 0.29) is 18.0 Å². The molecule has 5 heteroatoms. The number of hydrogen-bond donors (Lipinski definition) is 2. The van der Waals surface area contributed by atoms with Crippen molar-refractivity contribution in [2.45, 2.75) is 39.7 Å². The van der Waals surface area contributed by atoms with Gasteiger partial charge in [-0.1, -0.05) is 26.7 Å². The highest BCUT2D eigenvalue weighted by atomic mass is 16.4. The summed E-state index contributed by atoms with van der Waals surface area (Å²) in [6.45, 7) is 6.89. The van der Waals surface area contributed by atoms with Gasteiger partial charge < -0.3 is 15.3 Å². The molecule has 1 saturated heterocycles. The molecule has 0 aromatic rings. The van der Waals surface area contributed by atoms with Crippen LogP contribution in [0.25, 0.3) is 0 Å². The van der Waals surface area contributed by atoms with Crippen LogP contribution >= 0.6 is 0 Å². The van der Waals surface area contributed by atoms with Crippen LogP contribution in [0.1, 0.15) is 33.6 Å². The molecule has 0 spiro atoms. The summed E-state index contributed by atoms with van der Waals surface area (Å²) in [4.78, 5) is 23.9. The smallest absolute Gasteiger partial charge is 0.317 e. The molecule has 2 amide bonds. The van der Waals surface area contributed by atoms with Gasteiger partial charge in [0.1, 0.15) is 0 Å². The van der Waals surface area contributed by atoms with Gasteiger partial charge >= 0.3 is 12.0 Å². The van der Waals surface area contributed by atoms with Crippen molar-refractivity contribution in [2.24, 2.45) is 11.8 Å². The highest BCUT2D eigenvalue weighted by molar-refractivity contribution is 5.79. The molecule has 0 saturated carbocycles. The van der Waals surface area contributed by atoms with E-state index in [9.17, 15) is 9.59 Å². The molecule has 1 atom stereocenters. The van der Waals surface area contributed by atoms with Gasteiger partial charge in [0.05, 0.1) is 5.92 Å². The topological polar surface area (TPSA) is 69.6 Å². The maximum atomic E-state index is 11.8. The predicted octanol–water partition coefficient (Wildman–Crippen LogP) is 1.54. The van der Waals surface area contributed by atoms with Crippen LogP contribution < -0.4 is 5.32 Å². The molecule has 1 heterocycles. The summed E-state index contributed by atoms with van der Waals surface area (Å²) in [5, 5.41) is 11.7. The van der Waals surface area contributed by atoms with Gasteiger partial charge in [0.15, 0.2) is 0 Å². The molecule has 1 aliphatic rings. The molecule has 0 aromatic carbocycles. The fourth-order valence-electron chi connectivity index (χ4n) is 2.20. The van der Waals surface area contributed by atoms with Crippen molar-refractivity contribution in [3.63, 3.8) is 0 Å². The molecule has 1 aliphatic heterocycles. The number of carboxylic acids is 1. The Morgan fingerprint density at radius 2 is 1.88 bits per heavy atom. The van der Waals surface area contributed by atoms with Crippen LogP contribution in [-0.4, -0.2) is 41.1 Å². The summed E-state index contributed by atoms with van der Waals surface area (Å²) in [6.07, 6.45) is 2.07. The number of nitrogens with one attached hydrogen (secondary N) is 1. The zero-order valence-corrected chi connectivity index (χ0v) is 10.8. The number of nitrogens with zero attached hydrogens (tertiary/aromatic N) is 1. The minimum absolute atomic E-state index is 0.137. The number of aliphatic carboxylic acids is 1. The third-order valence-electron chi connectivity index (χ3n) is 3.63. The summed E-state index contributed by atoms with van der Waals surface area (Å²) in [5.74, 6) is -0.721. The summed E-state index contributed by atoms with van der Waals surface area (Å²) < 4.78 is 0. The van der Waals surface area contributed by atoms with E-state index in [1.165, 1.54) is 0 Å². The van der Waals surface area contributed by atoms with Crippen LogP contribution in [0.2, 0.25) is 0 Å². The lowest BCUT2D eigenvalue weighted by Gasteiger charge is -2.38. The number of rotatable bonds is 5. The van der Waals surface area contributed by atoms with Crippen LogP contribution in [0, 0.1) is 11.8 Å². The van der Waals surface area contributed by atoms with E-state index in [1.54, 1.807) is 4.90 Å². The molecule has 1 fully saturated rings. The van der Waals surface area contributed by atoms with Crippen molar-refractivity contribution in [3.05, 3.63) is 0 Å². The van der Waals surface area contributed by atoms with Gasteiger partial charge in [0.2, 0.25) is 0 Å². The Kier molecular flexibility index (Phi) is 4.78. The lowest BCUT2D eigenvalue weighted by atomic mass is 9.95. The van der Waals surface area contributed by atoms with Crippen LogP contribution in [-0.2, 0) is 4.79 Å². The first-order valence-electron chi connectivity index (χ1n) is 6.27. The van der Waals surface area contributed by atoms with E-state index in [4.69, 9.17) is 5.11 Å². The normalized spacial score (nSPS) is 17.8. The fourth-order valence-corrected chi connectivity index (χ4v) is 2.20. The summed E-state index contributed by atoms with van der Waals surface area (Å²) in [5.41, 5.74) is 0. The Balaban J connectivity index is 2.33. The third-order valence-corrected chi connectivity index (χ3v) is 3.63. The summed E-state index contributed by atoms with van der Waals surface area (Å²) in [6, 6.07) is 0.00304. The Bertz CT molecular complexity index is 283. The number of carbonyl (C=O) groups is 2. The molecule has 1 rings (SSSR count). The number of carboxylic acid groups (broad SMARTS) is 1. The highest BCUT2D eigenvalue weighted by Crippen LogP contribution is 2.17. The number of amides is 2. The lowest BCUT2D eigenvalue weighted by molar-refractivity contribution is -0.146. The van der Waals surface area contributed by atoms with Crippen molar-refractivity contribution >= 4 is 12.0 Å². The van der Waals surface area contributed by atoms with Gasteiger partial charge in [-0.25, -0.2) is 4.79 Å². The van der Waals surface area contributed by atoms with E-state index >= 15 is 0 Å². The van der Waals surface area contributed by atoms with Crippen molar-refractivity contribution in [2.75, 3.05) is 13.1 Å². The fraction of sp³-hybridized carbons (Fsp3) is 0.833. The van der Waals surface area contributed by atoms with Gasteiger partial charge in [0.25, 0.3) is 0 Å². The SMILES string of the molecule is CCC(CC)C(C)NC(=O)N1CC(C(=O)O)C1. The van der Waals surface area contributed by atoms with E-state index < -0.39 is 5.97 Å². The van der Waals surface area contributed by atoms with Crippen LogP contribution in [0.5, 0.6) is 0 Å².